The summed E-state index contributed by atoms with van der Waals surface area (Å²) in [6.45, 7) is 1.90. The molecule has 0 amide bonds. The van der Waals surface area contributed by atoms with Crippen LogP contribution >= 0.6 is 27.3 Å². The number of aliphatic hydroxyl groups is 1. The Hall–Kier alpha value is -0.910. The summed E-state index contributed by atoms with van der Waals surface area (Å²) in [5.74, 6) is -0.0322. The van der Waals surface area contributed by atoms with Gasteiger partial charge >= 0.3 is 0 Å². The number of methoxy groups -OCH3 is 1. The molecule has 1 heterocycles. The number of aliphatic hydroxyl groups excluding tert-OH is 1. The Morgan fingerprint density at radius 1 is 1.33 bits per heavy atom. The largest absolute Gasteiger partial charge is 0.497 e. The van der Waals surface area contributed by atoms with E-state index in [1.807, 2.05) is 13.0 Å². The first kappa shape index (κ1) is 13.5. The minimum Gasteiger partial charge on any atom is -0.497 e. The first-order valence-electron chi connectivity index (χ1n) is 5.30. The predicted molar refractivity (Wildman–Crippen MR) is 73.8 cm³/mol. The van der Waals surface area contributed by atoms with Crippen LogP contribution in [-0.4, -0.2) is 12.2 Å². The molecule has 0 saturated heterocycles. The predicted octanol–water partition coefficient (Wildman–Crippen LogP) is 4.05. The van der Waals surface area contributed by atoms with Crippen LogP contribution in [0.25, 0.3) is 0 Å². The van der Waals surface area contributed by atoms with Gasteiger partial charge in [0.25, 0.3) is 0 Å². The minimum absolute atomic E-state index is 0.254. The number of aryl methyl sites for hydroxylation is 1. The van der Waals surface area contributed by atoms with Gasteiger partial charge < -0.3 is 9.84 Å². The van der Waals surface area contributed by atoms with Crippen molar-refractivity contribution in [2.45, 2.75) is 13.0 Å². The van der Waals surface area contributed by atoms with E-state index >= 15 is 0 Å². The summed E-state index contributed by atoms with van der Waals surface area (Å²) in [7, 11) is 1.48. The smallest absolute Gasteiger partial charge is 0.133 e. The van der Waals surface area contributed by atoms with Crippen LogP contribution in [0.5, 0.6) is 5.75 Å². The van der Waals surface area contributed by atoms with Crippen LogP contribution in [-0.2, 0) is 0 Å². The Morgan fingerprint density at radius 3 is 2.56 bits per heavy atom. The summed E-state index contributed by atoms with van der Waals surface area (Å²) in [4.78, 5) is 0.963. The number of hydrogen-bond donors (Lipinski definition) is 1. The average Bonchev–Trinajstić information content (AvgIpc) is 2.67. The van der Waals surface area contributed by atoms with Crippen LogP contribution in [0.4, 0.5) is 4.39 Å². The molecule has 2 nitrogen and oxygen atoms in total. The molecule has 1 unspecified atom stereocenters. The maximum atomic E-state index is 13.9. The Labute approximate surface area is 117 Å². The SMILES string of the molecule is COc1ccc(C(O)c2cc(Br)sc2C)c(F)c1. The Balaban J connectivity index is 2.39. The molecule has 0 aliphatic heterocycles. The van der Waals surface area contributed by atoms with Gasteiger partial charge in [-0.05, 0) is 46.6 Å². The van der Waals surface area contributed by atoms with Gasteiger partial charge in [-0.2, -0.15) is 0 Å². The highest BCUT2D eigenvalue weighted by molar-refractivity contribution is 9.11. The normalized spacial score (nSPS) is 12.5. The quantitative estimate of drug-likeness (QED) is 0.919. The standard InChI is InChI=1S/C13H12BrFO2S/c1-7-10(6-12(14)18-7)13(16)9-4-3-8(17-2)5-11(9)15/h3-6,13,16H,1-2H3. The van der Waals surface area contributed by atoms with Crippen molar-refractivity contribution in [3.63, 3.8) is 0 Å². The Bertz CT molecular complexity index is 568. The van der Waals surface area contributed by atoms with Crippen LogP contribution in [0, 0.1) is 12.7 Å². The molecule has 0 bridgehead atoms. The molecule has 1 atom stereocenters. The first-order chi connectivity index (χ1) is 8.52. The van der Waals surface area contributed by atoms with Crippen molar-refractivity contribution in [2.24, 2.45) is 0 Å². The lowest BCUT2D eigenvalue weighted by atomic mass is 10.0. The van der Waals surface area contributed by atoms with Crippen LogP contribution in [0.15, 0.2) is 28.1 Å². The molecule has 0 radical (unpaired) electrons. The third-order valence-electron chi connectivity index (χ3n) is 2.72. The second-order valence-electron chi connectivity index (χ2n) is 3.85. The zero-order chi connectivity index (χ0) is 13.3. The highest BCUT2D eigenvalue weighted by atomic mass is 79.9. The molecule has 2 rings (SSSR count). The molecule has 0 saturated carbocycles. The summed E-state index contributed by atoms with van der Waals surface area (Å²) in [6, 6.07) is 6.27. The topological polar surface area (TPSA) is 29.5 Å². The van der Waals surface area contributed by atoms with E-state index in [4.69, 9.17) is 4.74 Å². The molecule has 1 N–H and O–H groups in total. The maximum Gasteiger partial charge on any atom is 0.133 e. The number of thiophene rings is 1. The molecule has 0 fully saturated rings. The molecule has 2 aromatic rings. The molecule has 0 spiro atoms. The fourth-order valence-electron chi connectivity index (χ4n) is 1.75. The van der Waals surface area contributed by atoms with Crippen LogP contribution in [0.3, 0.4) is 0 Å². The summed E-state index contributed by atoms with van der Waals surface area (Å²) >= 11 is 4.87. The van der Waals surface area contributed by atoms with E-state index in [1.54, 1.807) is 12.1 Å². The van der Waals surface area contributed by atoms with Crippen molar-refractivity contribution in [3.8, 4) is 5.75 Å². The number of rotatable bonds is 3. The van der Waals surface area contributed by atoms with E-state index in [9.17, 15) is 9.50 Å². The second-order valence-corrected chi connectivity index (χ2v) is 6.49. The zero-order valence-electron chi connectivity index (χ0n) is 9.91. The van der Waals surface area contributed by atoms with Crippen molar-refractivity contribution in [1.82, 2.24) is 0 Å². The molecular formula is C13H12BrFO2S. The van der Waals surface area contributed by atoms with Crippen molar-refractivity contribution < 1.29 is 14.2 Å². The minimum atomic E-state index is -0.960. The maximum absolute atomic E-state index is 13.9. The van der Waals surface area contributed by atoms with Gasteiger partial charge in [-0.25, -0.2) is 4.39 Å². The average molecular weight is 331 g/mol. The van der Waals surface area contributed by atoms with Gasteiger partial charge in [-0.3, -0.25) is 0 Å². The van der Waals surface area contributed by atoms with E-state index < -0.39 is 11.9 Å². The summed E-state index contributed by atoms with van der Waals surface area (Å²) in [5.41, 5.74) is 0.972. The lowest BCUT2D eigenvalue weighted by Crippen LogP contribution is -2.03. The number of benzene rings is 1. The molecule has 0 aliphatic carbocycles. The summed E-state index contributed by atoms with van der Waals surface area (Å²) in [5, 5.41) is 10.2. The Morgan fingerprint density at radius 2 is 2.06 bits per heavy atom. The molecule has 5 heteroatoms. The first-order valence-corrected chi connectivity index (χ1v) is 6.91. The highest BCUT2D eigenvalue weighted by Crippen LogP contribution is 2.35. The fourth-order valence-corrected chi connectivity index (χ4v) is 3.50. The third kappa shape index (κ3) is 2.58. The van der Waals surface area contributed by atoms with Crippen molar-refractivity contribution in [3.05, 3.63) is 49.9 Å². The molecule has 96 valence electrons. The molecule has 18 heavy (non-hydrogen) atoms. The molecule has 0 aliphatic rings. The molecule has 1 aromatic carbocycles. The van der Waals surface area contributed by atoms with Gasteiger partial charge in [0, 0.05) is 16.5 Å². The van der Waals surface area contributed by atoms with Crippen molar-refractivity contribution in [1.29, 1.82) is 0 Å². The molecule has 1 aromatic heterocycles. The summed E-state index contributed by atoms with van der Waals surface area (Å²) in [6.07, 6.45) is -0.960. The Kier molecular flexibility index (Phi) is 4.04. The lowest BCUT2D eigenvalue weighted by Gasteiger charge is -2.12. The van der Waals surface area contributed by atoms with Crippen LogP contribution in [0.1, 0.15) is 22.1 Å². The van der Waals surface area contributed by atoms with Crippen LogP contribution < -0.4 is 4.74 Å². The van der Waals surface area contributed by atoms with Gasteiger partial charge in [0.15, 0.2) is 0 Å². The van der Waals surface area contributed by atoms with Gasteiger partial charge in [0.2, 0.25) is 0 Å². The van der Waals surface area contributed by atoms with E-state index in [2.05, 4.69) is 15.9 Å². The third-order valence-corrected chi connectivity index (χ3v) is 4.29. The summed E-state index contributed by atoms with van der Waals surface area (Å²) < 4.78 is 19.7. The van der Waals surface area contributed by atoms with E-state index in [-0.39, 0.29) is 5.56 Å². The fraction of sp³-hybridized carbons (Fsp3) is 0.231. The zero-order valence-corrected chi connectivity index (χ0v) is 12.3. The van der Waals surface area contributed by atoms with Gasteiger partial charge in [0.05, 0.1) is 10.9 Å². The number of halogens is 2. The second kappa shape index (κ2) is 5.38. The highest BCUT2D eigenvalue weighted by Gasteiger charge is 2.19. The van der Waals surface area contributed by atoms with E-state index in [0.717, 1.165) is 14.2 Å². The number of hydrogen-bond acceptors (Lipinski definition) is 3. The van der Waals surface area contributed by atoms with Gasteiger partial charge in [-0.1, -0.05) is 0 Å². The number of ether oxygens (including phenoxy) is 1. The van der Waals surface area contributed by atoms with E-state index in [1.165, 1.54) is 24.5 Å². The van der Waals surface area contributed by atoms with Crippen molar-refractivity contribution in [2.75, 3.05) is 7.11 Å². The molecular weight excluding hydrogens is 319 g/mol. The van der Waals surface area contributed by atoms with Gasteiger partial charge in [0.1, 0.15) is 17.7 Å². The lowest BCUT2D eigenvalue weighted by molar-refractivity contribution is 0.214. The monoisotopic (exact) mass is 330 g/mol. The van der Waals surface area contributed by atoms with Crippen LogP contribution in [0.2, 0.25) is 0 Å². The van der Waals surface area contributed by atoms with E-state index in [0.29, 0.717) is 5.75 Å². The van der Waals surface area contributed by atoms with Crippen molar-refractivity contribution >= 4 is 27.3 Å². The van der Waals surface area contributed by atoms with Gasteiger partial charge in [-0.15, -0.1) is 11.3 Å².